The van der Waals surface area contributed by atoms with Gasteiger partial charge in [0.05, 0.1) is 11.3 Å². The summed E-state index contributed by atoms with van der Waals surface area (Å²) in [7, 11) is 0. The van der Waals surface area contributed by atoms with E-state index in [1.165, 1.54) is 6.92 Å². The number of hydrogen-bond donors (Lipinski definition) is 4. The zero-order valence-corrected chi connectivity index (χ0v) is 15.8. The number of fused-ring (bicyclic) bond motifs is 1. The van der Waals surface area contributed by atoms with Crippen molar-refractivity contribution in [2.45, 2.75) is 51.4 Å². The zero-order valence-electron chi connectivity index (χ0n) is 15.0. The highest BCUT2D eigenvalue weighted by Gasteiger charge is 2.46. The van der Waals surface area contributed by atoms with Crippen molar-refractivity contribution in [1.82, 2.24) is 5.32 Å². The lowest BCUT2D eigenvalue weighted by molar-refractivity contribution is -0.244. The zero-order chi connectivity index (χ0) is 19.9. The van der Waals surface area contributed by atoms with Crippen molar-refractivity contribution in [3.8, 4) is 5.75 Å². The normalized spacial score (nSPS) is 28.3. The molecule has 5 atom stereocenters. The Balaban J connectivity index is 1.97. The molecule has 0 radical (unpaired) electrons. The molecule has 0 saturated carbocycles. The fraction of sp³-hybridized carbons (Fsp3) is 0.529. The van der Waals surface area contributed by atoms with Crippen LogP contribution in [0.1, 0.15) is 18.1 Å². The van der Waals surface area contributed by atoms with Crippen molar-refractivity contribution in [3.63, 3.8) is 0 Å². The number of benzene rings is 1. The number of rotatable bonds is 4. The first-order valence-corrected chi connectivity index (χ1v) is 9.14. The van der Waals surface area contributed by atoms with Gasteiger partial charge in [-0.1, -0.05) is 11.3 Å². The molecule has 0 unspecified atom stereocenters. The third kappa shape index (κ3) is 3.71. The number of carbonyl (C=O) groups excluding carboxylic acids is 1. The number of aliphatic hydroxyl groups is 3. The summed E-state index contributed by atoms with van der Waals surface area (Å²) in [6.45, 7) is 4.28. The topological polar surface area (TPSA) is 138 Å². The molecular weight excluding hydrogens is 378 g/mol. The second-order valence-corrected chi connectivity index (χ2v) is 7.43. The van der Waals surface area contributed by atoms with Gasteiger partial charge in [-0.3, -0.25) is 4.79 Å². The van der Waals surface area contributed by atoms with E-state index >= 15 is 0 Å². The molecule has 0 spiro atoms. The van der Waals surface area contributed by atoms with Crippen molar-refractivity contribution in [3.05, 3.63) is 26.9 Å². The van der Waals surface area contributed by atoms with E-state index in [2.05, 4.69) is 5.32 Å². The van der Waals surface area contributed by atoms with Gasteiger partial charge in [-0.15, -0.1) is 0 Å². The number of nitrogens with one attached hydrogen (secondary N) is 1. The van der Waals surface area contributed by atoms with Gasteiger partial charge in [0.2, 0.25) is 12.2 Å². The van der Waals surface area contributed by atoms with Gasteiger partial charge in [-0.2, -0.15) is 0 Å². The average molecular weight is 399 g/mol. The number of carbonyl (C=O) groups is 1. The molecule has 148 valence electrons. The lowest BCUT2D eigenvalue weighted by atomic mass is 9.97. The fourth-order valence-electron chi connectivity index (χ4n) is 3.05. The van der Waals surface area contributed by atoms with Crippen LogP contribution in [0.2, 0.25) is 0 Å². The molecule has 0 bridgehead atoms. The maximum absolute atomic E-state index is 11.5. The molecule has 1 saturated heterocycles. The second kappa shape index (κ2) is 7.56. The van der Waals surface area contributed by atoms with Crippen molar-refractivity contribution >= 4 is 27.5 Å². The predicted octanol–water partition coefficient (Wildman–Crippen LogP) is -0.206. The van der Waals surface area contributed by atoms with Gasteiger partial charge in [-0.25, -0.2) is 4.79 Å². The van der Waals surface area contributed by atoms with Gasteiger partial charge in [-0.05, 0) is 25.0 Å². The van der Waals surface area contributed by atoms with Crippen LogP contribution in [0.5, 0.6) is 5.75 Å². The fourth-order valence-corrected chi connectivity index (χ4v) is 3.81. The minimum atomic E-state index is -1.40. The van der Waals surface area contributed by atoms with Crippen LogP contribution in [0.15, 0.2) is 15.3 Å². The second-order valence-electron chi connectivity index (χ2n) is 6.46. The standard InChI is InChI=1S/C17H21NO8S/c1-6-7(2)15-11(27-17(23)26-15)4-9(6)24-16-12(18-8(3)20)14(22)13(21)10(5-19)25-16/h4,10,12-14,16,19,21-22H,5H2,1-3H3,(H,18,20)/t10-,12+,13-,14-,16-/m1/s1. The summed E-state index contributed by atoms with van der Waals surface area (Å²) in [6, 6.07) is 0.561. The van der Waals surface area contributed by atoms with Crippen molar-refractivity contribution in [1.29, 1.82) is 0 Å². The van der Waals surface area contributed by atoms with Gasteiger partial charge >= 0.3 is 4.94 Å². The summed E-state index contributed by atoms with van der Waals surface area (Å²) in [6.07, 6.45) is -5.04. The molecule has 1 amide bonds. The van der Waals surface area contributed by atoms with Gasteiger partial charge in [0.15, 0.2) is 5.58 Å². The Morgan fingerprint density at radius 3 is 2.63 bits per heavy atom. The van der Waals surface area contributed by atoms with E-state index in [9.17, 15) is 24.9 Å². The molecule has 0 aliphatic carbocycles. The van der Waals surface area contributed by atoms with Gasteiger partial charge < -0.3 is 34.5 Å². The third-order valence-electron chi connectivity index (χ3n) is 4.63. The Morgan fingerprint density at radius 1 is 1.30 bits per heavy atom. The maximum Gasteiger partial charge on any atom is 0.396 e. The molecule has 1 aromatic heterocycles. The highest BCUT2D eigenvalue weighted by Crippen LogP contribution is 2.33. The first-order chi connectivity index (χ1) is 12.7. The van der Waals surface area contributed by atoms with E-state index in [1.54, 1.807) is 19.9 Å². The molecular formula is C17H21NO8S. The molecule has 4 N–H and O–H groups in total. The average Bonchev–Trinajstić information content (AvgIpc) is 2.99. The Hall–Kier alpha value is -1.98. The monoisotopic (exact) mass is 399 g/mol. The molecule has 27 heavy (non-hydrogen) atoms. The number of hydrogen-bond acceptors (Lipinski definition) is 9. The molecule has 1 aliphatic heterocycles. The lowest BCUT2D eigenvalue weighted by Gasteiger charge is -2.42. The first kappa shape index (κ1) is 19.8. The van der Waals surface area contributed by atoms with E-state index in [4.69, 9.17) is 13.9 Å². The number of amides is 1. The summed E-state index contributed by atoms with van der Waals surface area (Å²) in [4.78, 5) is 22.6. The Labute approximate surface area is 158 Å². The quantitative estimate of drug-likeness (QED) is 0.554. The van der Waals surface area contributed by atoms with Crippen molar-refractivity contribution < 1.29 is 34.0 Å². The molecule has 10 heteroatoms. The van der Waals surface area contributed by atoms with E-state index in [1.807, 2.05) is 0 Å². The third-order valence-corrected chi connectivity index (χ3v) is 5.40. The van der Waals surface area contributed by atoms with E-state index < -0.39 is 48.1 Å². The SMILES string of the molecule is CC(=O)N[C@@H]1[C@H](Oc2cc3sc(=O)oc3c(C)c2C)O[C@H](CO)[C@@H](O)[C@@H]1O. The molecule has 9 nitrogen and oxygen atoms in total. The molecule has 1 aliphatic rings. The Morgan fingerprint density at radius 2 is 2.00 bits per heavy atom. The summed E-state index contributed by atoms with van der Waals surface area (Å²) in [5.74, 6) is -0.0695. The maximum atomic E-state index is 11.5. The van der Waals surface area contributed by atoms with Crippen LogP contribution >= 0.6 is 11.3 Å². The van der Waals surface area contributed by atoms with Crippen molar-refractivity contribution in [2.24, 2.45) is 0 Å². The largest absolute Gasteiger partial charge is 0.462 e. The predicted molar refractivity (Wildman–Crippen MR) is 95.8 cm³/mol. The van der Waals surface area contributed by atoms with Crippen LogP contribution in [0.4, 0.5) is 0 Å². The Bertz CT molecular complexity index is 906. The van der Waals surface area contributed by atoms with Crippen LogP contribution in [-0.2, 0) is 9.53 Å². The highest BCUT2D eigenvalue weighted by atomic mass is 32.1. The van der Waals surface area contributed by atoms with Crippen LogP contribution in [0.25, 0.3) is 10.3 Å². The summed E-state index contributed by atoms with van der Waals surface area (Å²) < 4.78 is 17.2. The molecule has 2 heterocycles. The van der Waals surface area contributed by atoms with Gasteiger partial charge in [0.1, 0.15) is 30.1 Å². The number of ether oxygens (including phenoxy) is 2. The highest BCUT2D eigenvalue weighted by molar-refractivity contribution is 7.16. The molecule has 1 fully saturated rings. The number of aliphatic hydroxyl groups excluding tert-OH is 3. The van der Waals surface area contributed by atoms with E-state index in [0.717, 1.165) is 11.3 Å². The van der Waals surface area contributed by atoms with Gasteiger partial charge in [0.25, 0.3) is 0 Å². The van der Waals surface area contributed by atoms with Crippen LogP contribution in [0, 0.1) is 13.8 Å². The minimum Gasteiger partial charge on any atom is -0.462 e. The van der Waals surface area contributed by atoms with Gasteiger partial charge in [0, 0.05) is 13.0 Å². The summed E-state index contributed by atoms with van der Waals surface area (Å²) in [5.41, 5.74) is 1.88. The minimum absolute atomic E-state index is 0.373. The van der Waals surface area contributed by atoms with Crippen LogP contribution < -0.4 is 15.0 Å². The van der Waals surface area contributed by atoms with Crippen LogP contribution in [0.3, 0.4) is 0 Å². The first-order valence-electron chi connectivity index (χ1n) is 8.33. The molecule has 3 rings (SSSR count). The smallest absolute Gasteiger partial charge is 0.396 e. The molecule has 2 aromatic rings. The van der Waals surface area contributed by atoms with E-state index in [0.29, 0.717) is 27.2 Å². The summed E-state index contributed by atoms with van der Waals surface area (Å²) in [5, 5.41) is 32.3. The lowest BCUT2D eigenvalue weighted by Crippen LogP contribution is -2.65. The number of aryl methyl sites for hydroxylation is 1. The van der Waals surface area contributed by atoms with E-state index in [-0.39, 0.29) is 0 Å². The van der Waals surface area contributed by atoms with Crippen molar-refractivity contribution in [2.75, 3.05) is 6.61 Å². The Kier molecular flexibility index (Phi) is 5.54. The summed E-state index contributed by atoms with van der Waals surface area (Å²) >= 11 is 0.926. The molecule has 1 aromatic carbocycles. The van der Waals surface area contributed by atoms with Crippen LogP contribution in [-0.4, -0.2) is 58.5 Å².